The summed E-state index contributed by atoms with van der Waals surface area (Å²) in [5.41, 5.74) is -0.556. The van der Waals surface area contributed by atoms with Gasteiger partial charge in [0.2, 0.25) is 11.8 Å². The number of carbonyl (C=O) groups excluding carboxylic acids is 3. The van der Waals surface area contributed by atoms with Gasteiger partial charge in [-0.05, 0) is 46.1 Å². The van der Waals surface area contributed by atoms with Crippen molar-refractivity contribution >= 4 is 17.9 Å². The molecule has 0 aliphatic carbocycles. The Balaban J connectivity index is 2.16. The van der Waals surface area contributed by atoms with Crippen molar-refractivity contribution in [3.8, 4) is 0 Å². The molecule has 0 spiro atoms. The van der Waals surface area contributed by atoms with Crippen molar-refractivity contribution in [2.75, 3.05) is 19.8 Å². The van der Waals surface area contributed by atoms with Gasteiger partial charge in [0.1, 0.15) is 17.7 Å². The number of epoxide rings is 1. The second-order valence-corrected chi connectivity index (χ2v) is 10.3. The van der Waals surface area contributed by atoms with Crippen LogP contribution in [0.5, 0.6) is 0 Å². The number of hydrogen-bond acceptors (Lipinski definition) is 7. The summed E-state index contributed by atoms with van der Waals surface area (Å²) in [5, 5.41) is 6.99. The molecule has 1 saturated heterocycles. The molecule has 0 radical (unpaired) electrons. The molecule has 0 unspecified atom stereocenters. The van der Waals surface area contributed by atoms with Gasteiger partial charge in [-0.15, -0.1) is 0 Å². The highest BCUT2D eigenvalue weighted by molar-refractivity contribution is 5.91. The third-order valence-corrected chi connectivity index (χ3v) is 5.40. The molecule has 1 aliphatic rings. The van der Waals surface area contributed by atoms with Gasteiger partial charge in [-0.1, -0.05) is 30.3 Å². The number of rotatable bonds is 15. The van der Waals surface area contributed by atoms with Crippen molar-refractivity contribution in [2.24, 2.45) is 0 Å². The van der Waals surface area contributed by atoms with E-state index < -0.39 is 73.7 Å². The van der Waals surface area contributed by atoms with Crippen molar-refractivity contribution in [1.29, 1.82) is 0 Å². The summed E-state index contributed by atoms with van der Waals surface area (Å²) in [6, 6.07) is 5.27. The van der Waals surface area contributed by atoms with Crippen LogP contribution in [0.3, 0.4) is 0 Å². The molecule has 0 saturated carbocycles. The maximum absolute atomic E-state index is 13.1. The molecular weight excluding hydrogens is 530 g/mol. The predicted octanol–water partition coefficient (Wildman–Crippen LogP) is 2.75. The van der Waals surface area contributed by atoms with Crippen LogP contribution < -0.4 is 16.0 Å². The van der Waals surface area contributed by atoms with Gasteiger partial charge in [-0.2, -0.15) is 17.6 Å². The molecule has 1 aliphatic heterocycles. The zero-order valence-electron chi connectivity index (χ0n) is 22.2. The Morgan fingerprint density at radius 3 is 1.92 bits per heavy atom. The van der Waals surface area contributed by atoms with E-state index in [1.165, 1.54) is 0 Å². The van der Waals surface area contributed by atoms with Gasteiger partial charge in [0.25, 0.3) is 0 Å². The molecule has 39 heavy (non-hydrogen) atoms. The fourth-order valence-corrected chi connectivity index (χ4v) is 3.56. The van der Waals surface area contributed by atoms with Crippen LogP contribution in [0, 0.1) is 0 Å². The summed E-state index contributed by atoms with van der Waals surface area (Å²) in [6.45, 7) is -1.50. The van der Waals surface area contributed by atoms with Crippen LogP contribution in [0.2, 0.25) is 0 Å². The van der Waals surface area contributed by atoms with E-state index in [1.54, 1.807) is 20.8 Å². The van der Waals surface area contributed by atoms with E-state index in [0.29, 0.717) is 19.4 Å². The minimum Gasteiger partial charge on any atom is -0.444 e. The Morgan fingerprint density at radius 2 is 1.44 bits per heavy atom. The van der Waals surface area contributed by atoms with Gasteiger partial charge in [0.05, 0.1) is 25.4 Å². The normalized spacial score (nSPS) is 19.2. The Morgan fingerprint density at radius 1 is 0.923 bits per heavy atom. The molecule has 3 N–H and O–H groups in total. The van der Waals surface area contributed by atoms with Gasteiger partial charge >= 0.3 is 19.3 Å². The van der Waals surface area contributed by atoms with E-state index >= 15 is 0 Å². The Labute approximate surface area is 224 Å². The van der Waals surface area contributed by atoms with E-state index in [1.807, 2.05) is 37.3 Å². The van der Waals surface area contributed by atoms with Crippen molar-refractivity contribution in [2.45, 2.75) is 83.1 Å². The number of alkyl halides is 4. The largest absolute Gasteiger partial charge is 0.444 e. The van der Waals surface area contributed by atoms with E-state index in [9.17, 15) is 31.9 Å². The zero-order valence-corrected chi connectivity index (χ0v) is 22.2. The summed E-state index contributed by atoms with van der Waals surface area (Å²) < 4.78 is 69.8. The van der Waals surface area contributed by atoms with Gasteiger partial charge < -0.3 is 34.9 Å². The first-order valence-electron chi connectivity index (χ1n) is 12.2. The highest BCUT2D eigenvalue weighted by Gasteiger charge is 2.42. The first-order valence-corrected chi connectivity index (χ1v) is 12.2. The van der Waals surface area contributed by atoms with Crippen LogP contribution in [-0.4, -0.2) is 80.3 Å². The summed E-state index contributed by atoms with van der Waals surface area (Å²) in [7, 11) is 0. The molecule has 0 aromatic heterocycles. The Kier molecular flexibility index (Phi) is 11.9. The third kappa shape index (κ3) is 13.1. The molecular formula is C25H35F4N3O7. The minimum atomic E-state index is -3.27. The molecule has 2 rings (SSSR count). The fourth-order valence-electron chi connectivity index (χ4n) is 3.56. The molecule has 0 bridgehead atoms. The average Bonchev–Trinajstić information content (AvgIpc) is 3.54. The molecule has 1 heterocycles. The van der Waals surface area contributed by atoms with E-state index in [-0.39, 0.29) is 0 Å². The SMILES string of the molecule is CC(C)(C)OC(=O)N[C@@H](COC(F)F)C(=O)N[C@@H](COC(F)F)C(=O)N[C@@H](Cc1ccccc1)C[C@@]1(C)CO1. The number of nitrogens with one attached hydrogen (secondary N) is 3. The number of halogens is 4. The topological polar surface area (TPSA) is 128 Å². The van der Waals surface area contributed by atoms with Crippen molar-refractivity contribution in [3.05, 3.63) is 35.9 Å². The number of ether oxygens (including phenoxy) is 4. The Bertz CT molecular complexity index is 943. The third-order valence-electron chi connectivity index (χ3n) is 5.40. The fraction of sp³-hybridized carbons (Fsp3) is 0.640. The second-order valence-electron chi connectivity index (χ2n) is 10.3. The molecule has 10 nitrogen and oxygen atoms in total. The first kappa shape index (κ1) is 32.2. The monoisotopic (exact) mass is 565 g/mol. The first-order chi connectivity index (χ1) is 18.2. The molecule has 1 aromatic carbocycles. The number of hydrogen-bond donors (Lipinski definition) is 3. The smallest absolute Gasteiger partial charge is 0.408 e. The molecule has 1 fully saturated rings. The zero-order chi connectivity index (χ0) is 29.2. The van der Waals surface area contributed by atoms with Crippen LogP contribution >= 0.6 is 0 Å². The number of amides is 3. The van der Waals surface area contributed by atoms with Crippen LogP contribution in [0.4, 0.5) is 22.4 Å². The maximum Gasteiger partial charge on any atom is 0.408 e. The summed E-state index contributed by atoms with van der Waals surface area (Å²) in [6.07, 6.45) is -0.340. The van der Waals surface area contributed by atoms with E-state index in [0.717, 1.165) is 5.56 Å². The molecule has 14 heteroatoms. The quantitative estimate of drug-likeness (QED) is 0.221. The highest BCUT2D eigenvalue weighted by atomic mass is 19.3. The van der Waals surface area contributed by atoms with E-state index in [4.69, 9.17) is 9.47 Å². The lowest BCUT2D eigenvalue weighted by Gasteiger charge is -2.27. The minimum absolute atomic E-state index is 0.382. The highest BCUT2D eigenvalue weighted by Crippen LogP contribution is 2.32. The molecule has 220 valence electrons. The van der Waals surface area contributed by atoms with Gasteiger partial charge in [0.15, 0.2) is 0 Å². The summed E-state index contributed by atoms with van der Waals surface area (Å²) >= 11 is 0. The maximum atomic E-state index is 13.1. The van der Waals surface area contributed by atoms with Gasteiger partial charge in [0, 0.05) is 6.04 Å². The van der Waals surface area contributed by atoms with Gasteiger partial charge in [-0.25, -0.2) is 4.79 Å². The van der Waals surface area contributed by atoms with Crippen molar-refractivity contribution < 1.29 is 50.9 Å². The average molecular weight is 566 g/mol. The molecule has 1 aromatic rings. The van der Waals surface area contributed by atoms with Crippen LogP contribution in [0.1, 0.15) is 39.7 Å². The van der Waals surface area contributed by atoms with Crippen LogP contribution in [0.25, 0.3) is 0 Å². The van der Waals surface area contributed by atoms with Crippen molar-refractivity contribution in [1.82, 2.24) is 16.0 Å². The standard InChI is InChI=1S/C25H35F4N3O7/c1-24(2,3)39-23(35)32-18(13-37-22(28)29)20(34)31-17(12-36-21(26)27)19(33)30-16(11-25(4)14-38-25)10-15-8-6-5-7-9-15/h5-9,16-18,21-22H,10-14H2,1-4H3,(H,30,33)(H,31,34)(H,32,35)/t16-,17-,18-,25-/m0/s1. The lowest BCUT2D eigenvalue weighted by atomic mass is 9.96. The van der Waals surface area contributed by atoms with Crippen LogP contribution in [-0.2, 0) is 35.0 Å². The molecule has 4 atom stereocenters. The second kappa shape index (κ2) is 14.4. The number of benzene rings is 1. The lowest BCUT2D eigenvalue weighted by Crippen LogP contribution is -2.58. The predicted molar refractivity (Wildman–Crippen MR) is 130 cm³/mol. The Hall–Kier alpha value is -2.97. The van der Waals surface area contributed by atoms with Crippen LogP contribution in [0.15, 0.2) is 30.3 Å². The van der Waals surface area contributed by atoms with Gasteiger partial charge in [-0.3, -0.25) is 9.59 Å². The summed E-state index contributed by atoms with van der Waals surface area (Å²) in [4.78, 5) is 38.2. The number of alkyl carbamates (subject to hydrolysis) is 1. The summed E-state index contributed by atoms with van der Waals surface area (Å²) in [5.74, 6) is -2.02. The molecule has 3 amide bonds. The van der Waals surface area contributed by atoms with Crippen molar-refractivity contribution in [3.63, 3.8) is 0 Å². The van der Waals surface area contributed by atoms with E-state index in [2.05, 4.69) is 25.4 Å². The lowest BCUT2D eigenvalue weighted by molar-refractivity contribution is -0.152. The number of carbonyl (C=O) groups is 3.